The average molecular weight is 418 g/mol. The van der Waals surface area contributed by atoms with E-state index in [0.29, 0.717) is 13.0 Å². The van der Waals surface area contributed by atoms with Gasteiger partial charge in [0.05, 0.1) is 6.61 Å². The van der Waals surface area contributed by atoms with E-state index in [1.54, 1.807) is 0 Å². The number of nitrogens with one attached hydrogen (secondary N) is 1. The van der Waals surface area contributed by atoms with Gasteiger partial charge in [0.2, 0.25) is 4.24 Å². The van der Waals surface area contributed by atoms with Crippen LogP contribution in [0.1, 0.15) is 12.0 Å². The van der Waals surface area contributed by atoms with E-state index in [1.165, 1.54) is 0 Å². The number of amidine groups is 1. The molecule has 1 heterocycles. The van der Waals surface area contributed by atoms with Crippen LogP contribution in [0.25, 0.3) is 0 Å². The molecular weight excluding hydrogens is 394 g/mol. The Morgan fingerprint density at radius 3 is 2.59 bits per heavy atom. The molecule has 0 saturated heterocycles. The summed E-state index contributed by atoms with van der Waals surface area (Å²) in [5.41, 5.74) is 6.18. The molecule has 10 nitrogen and oxygen atoms in total. The molecule has 0 atom stereocenters. The fourth-order valence-electron chi connectivity index (χ4n) is 2.44. The van der Waals surface area contributed by atoms with Crippen molar-refractivity contribution < 1.29 is 21.6 Å². The van der Waals surface area contributed by atoms with Crippen molar-refractivity contribution in [1.29, 1.82) is 0 Å². The van der Waals surface area contributed by atoms with E-state index < -0.39 is 30.0 Å². The van der Waals surface area contributed by atoms with Crippen molar-refractivity contribution in [2.75, 3.05) is 27.2 Å². The summed E-state index contributed by atoms with van der Waals surface area (Å²) in [6.45, 7) is 1.44. The zero-order valence-electron chi connectivity index (χ0n) is 15.0. The Hall–Kier alpha value is -2.15. The molecule has 0 aliphatic carbocycles. The van der Waals surface area contributed by atoms with Crippen molar-refractivity contribution >= 4 is 25.9 Å². The Balaban J connectivity index is 1.87. The van der Waals surface area contributed by atoms with Crippen LogP contribution in [0.5, 0.6) is 5.75 Å². The summed E-state index contributed by atoms with van der Waals surface area (Å²) in [7, 11) is -4.95. The summed E-state index contributed by atoms with van der Waals surface area (Å²) in [5, 5.41) is 7.58. The van der Waals surface area contributed by atoms with E-state index in [4.69, 9.17) is 15.6 Å². The highest BCUT2D eigenvalue weighted by Crippen LogP contribution is 2.23. The van der Waals surface area contributed by atoms with Crippen molar-refractivity contribution in [3.63, 3.8) is 0 Å². The smallest absolute Gasteiger partial charge is 0.299 e. The van der Waals surface area contributed by atoms with Crippen LogP contribution in [-0.4, -0.2) is 54.8 Å². The number of rotatable bonds is 8. The minimum absolute atomic E-state index is 0.230. The third kappa shape index (κ3) is 5.66. The maximum Gasteiger partial charge on any atom is 0.299 e. The largest absolute Gasteiger partial charge is 0.494 e. The van der Waals surface area contributed by atoms with Crippen LogP contribution in [0.2, 0.25) is 0 Å². The van der Waals surface area contributed by atoms with Gasteiger partial charge < -0.3 is 20.7 Å². The summed E-state index contributed by atoms with van der Waals surface area (Å²) in [4.78, 5) is 2.05. The Labute approximate surface area is 159 Å². The van der Waals surface area contributed by atoms with Crippen molar-refractivity contribution in [3.05, 3.63) is 39.8 Å². The van der Waals surface area contributed by atoms with Crippen LogP contribution in [0, 0.1) is 0 Å². The second kappa shape index (κ2) is 8.25. The molecule has 1 aromatic rings. The standard InChI is InChI=1S/C15H23N5O5S2/c1-20(2)10-11-5-3-6-12(9-11)25-8-4-7-18-14-13(16)15(26(17,21)22)27(23,24)19-14/h3,5-6,9H,4,7-8,10,16H2,1-2H3,(H,18,19)(H2,17,21,22). The molecule has 1 aromatic carbocycles. The number of ether oxygens (including phenoxy) is 1. The van der Waals surface area contributed by atoms with E-state index in [2.05, 4.69) is 9.71 Å². The van der Waals surface area contributed by atoms with Crippen LogP contribution >= 0.6 is 0 Å². The van der Waals surface area contributed by atoms with E-state index in [1.807, 2.05) is 43.3 Å². The number of hydrogen-bond acceptors (Lipinski definition) is 8. The quantitative estimate of drug-likeness (QED) is 0.467. The number of nitrogens with two attached hydrogens (primary N) is 2. The SMILES string of the molecule is CN(C)Cc1cccc(OCCCNC2=NS(=O)(=O)C(S(N)(=O)=O)=C2N)c1. The minimum Gasteiger partial charge on any atom is -0.494 e. The third-order valence-electron chi connectivity index (χ3n) is 3.46. The number of sulfonamides is 2. The topological polar surface area (TPSA) is 157 Å². The van der Waals surface area contributed by atoms with E-state index >= 15 is 0 Å². The Bertz CT molecular complexity index is 968. The number of benzene rings is 1. The Kier molecular flexibility index (Phi) is 6.46. The summed E-state index contributed by atoms with van der Waals surface area (Å²) in [6, 6.07) is 7.70. The van der Waals surface area contributed by atoms with Gasteiger partial charge in [0.25, 0.3) is 20.0 Å². The van der Waals surface area contributed by atoms with Crippen molar-refractivity contribution in [3.8, 4) is 5.75 Å². The molecule has 0 unspecified atom stereocenters. The molecular formula is C15H23N5O5S2. The first-order valence-electron chi connectivity index (χ1n) is 7.99. The predicted molar refractivity (Wildman–Crippen MR) is 103 cm³/mol. The van der Waals surface area contributed by atoms with Gasteiger partial charge in [-0.05, 0) is 38.2 Å². The van der Waals surface area contributed by atoms with E-state index in [9.17, 15) is 16.8 Å². The molecule has 1 aliphatic rings. The van der Waals surface area contributed by atoms with Gasteiger partial charge in [-0.1, -0.05) is 12.1 Å². The fourth-order valence-corrected chi connectivity index (χ4v) is 4.99. The van der Waals surface area contributed by atoms with Crippen molar-refractivity contribution in [2.24, 2.45) is 15.3 Å². The van der Waals surface area contributed by atoms with Crippen molar-refractivity contribution in [2.45, 2.75) is 13.0 Å². The highest BCUT2D eigenvalue weighted by atomic mass is 32.3. The predicted octanol–water partition coefficient (Wildman–Crippen LogP) is -0.735. The van der Waals surface area contributed by atoms with E-state index in [0.717, 1.165) is 17.9 Å². The molecule has 0 spiro atoms. The highest BCUT2D eigenvalue weighted by Gasteiger charge is 2.38. The number of nitrogens with zero attached hydrogens (tertiary/aromatic N) is 2. The maximum atomic E-state index is 11.8. The summed E-state index contributed by atoms with van der Waals surface area (Å²) in [6.07, 6.45) is 0.509. The Morgan fingerprint density at radius 1 is 1.30 bits per heavy atom. The van der Waals surface area contributed by atoms with Gasteiger partial charge >= 0.3 is 0 Å². The molecule has 0 bridgehead atoms. The lowest BCUT2D eigenvalue weighted by atomic mass is 10.2. The fraction of sp³-hybridized carbons (Fsp3) is 0.400. The zero-order chi connectivity index (χ0) is 20.2. The zero-order valence-corrected chi connectivity index (χ0v) is 16.7. The summed E-state index contributed by atoms with van der Waals surface area (Å²) in [5.74, 6) is 0.498. The molecule has 0 fully saturated rings. The van der Waals surface area contributed by atoms with Gasteiger partial charge in [-0.15, -0.1) is 4.40 Å². The molecule has 0 aromatic heterocycles. The lowest BCUT2D eigenvalue weighted by Gasteiger charge is -2.12. The normalized spacial score (nSPS) is 16.5. The van der Waals surface area contributed by atoms with Gasteiger partial charge in [0, 0.05) is 13.1 Å². The second-order valence-corrected chi connectivity index (χ2v) is 9.47. The number of hydrogen-bond donors (Lipinski definition) is 3. The highest BCUT2D eigenvalue weighted by molar-refractivity contribution is 8.13. The first-order valence-corrected chi connectivity index (χ1v) is 11.0. The first kappa shape index (κ1) is 21.2. The van der Waals surface area contributed by atoms with Gasteiger partial charge in [0.15, 0.2) is 5.84 Å². The van der Waals surface area contributed by atoms with Crippen molar-refractivity contribution in [1.82, 2.24) is 10.2 Å². The van der Waals surface area contributed by atoms with Gasteiger partial charge in [-0.25, -0.2) is 13.6 Å². The molecule has 2 rings (SSSR count). The van der Waals surface area contributed by atoms with Gasteiger partial charge in [-0.2, -0.15) is 8.42 Å². The van der Waals surface area contributed by atoms with Crippen LogP contribution in [0.15, 0.2) is 38.6 Å². The summed E-state index contributed by atoms with van der Waals surface area (Å²) < 4.78 is 54.2. The maximum absolute atomic E-state index is 11.8. The van der Waals surface area contributed by atoms with Gasteiger partial charge in [-0.3, -0.25) is 0 Å². The molecule has 0 radical (unpaired) electrons. The monoisotopic (exact) mass is 417 g/mol. The molecule has 0 amide bonds. The summed E-state index contributed by atoms with van der Waals surface area (Å²) >= 11 is 0. The lowest BCUT2D eigenvalue weighted by molar-refractivity contribution is 0.310. The first-order chi connectivity index (χ1) is 12.5. The second-order valence-electron chi connectivity index (χ2n) is 6.18. The molecule has 5 N–H and O–H groups in total. The average Bonchev–Trinajstić information content (AvgIpc) is 2.75. The van der Waals surface area contributed by atoms with E-state index in [-0.39, 0.29) is 12.4 Å². The van der Waals surface area contributed by atoms with Gasteiger partial charge in [0.1, 0.15) is 11.4 Å². The number of primary sulfonamides is 1. The molecule has 12 heteroatoms. The third-order valence-corrected chi connectivity index (χ3v) is 6.64. The van der Waals surface area contributed by atoms with Crippen LogP contribution < -0.4 is 20.9 Å². The molecule has 27 heavy (non-hydrogen) atoms. The minimum atomic E-state index is -4.49. The van der Waals surface area contributed by atoms with Crippen LogP contribution in [0.4, 0.5) is 0 Å². The molecule has 1 aliphatic heterocycles. The lowest BCUT2D eigenvalue weighted by Crippen LogP contribution is -2.30. The Morgan fingerprint density at radius 2 is 2.00 bits per heavy atom. The van der Waals surface area contributed by atoms with Crippen LogP contribution in [-0.2, 0) is 26.6 Å². The molecule has 150 valence electrons. The molecule has 0 saturated carbocycles. The van der Waals surface area contributed by atoms with Crippen LogP contribution in [0.3, 0.4) is 0 Å².